The number of hydrogen-bond acceptors (Lipinski definition) is 2. The summed E-state index contributed by atoms with van der Waals surface area (Å²) < 4.78 is 2.30. The van der Waals surface area contributed by atoms with Crippen LogP contribution in [0.1, 0.15) is 48.8 Å². The van der Waals surface area contributed by atoms with Gasteiger partial charge in [-0.05, 0) is 48.4 Å². The molecule has 1 N–H and O–H groups in total. The van der Waals surface area contributed by atoms with Crippen LogP contribution in [0.4, 0.5) is 0 Å². The maximum atomic E-state index is 12.4. The molecule has 30 heavy (non-hydrogen) atoms. The highest BCUT2D eigenvalue weighted by Crippen LogP contribution is 2.33. The van der Waals surface area contributed by atoms with E-state index in [2.05, 4.69) is 58.5 Å². The summed E-state index contributed by atoms with van der Waals surface area (Å²) in [7, 11) is 0. The standard InChI is InChI=1S/C26H26N2O2/c29-25-15-22(26(30)27-25)23-17-28(16-19-9-5-2-6-10-19)24-12-11-20(14-21(23)24)13-18-7-3-1-4-8-18/h1,3-4,7-8,11-12,14-15,17,19H,2,5-6,9-10,13,16H2,(H,27,29,30). The number of carbonyl (C=O) groups excluding carboxylic acids is 2. The van der Waals surface area contributed by atoms with E-state index in [9.17, 15) is 9.59 Å². The van der Waals surface area contributed by atoms with E-state index < -0.39 is 0 Å². The Morgan fingerprint density at radius 2 is 1.73 bits per heavy atom. The number of amides is 2. The molecule has 2 aliphatic rings. The van der Waals surface area contributed by atoms with Crippen LogP contribution in [-0.2, 0) is 22.6 Å². The van der Waals surface area contributed by atoms with Gasteiger partial charge in [-0.3, -0.25) is 14.9 Å². The highest BCUT2D eigenvalue weighted by molar-refractivity contribution is 6.35. The molecule has 4 heteroatoms. The summed E-state index contributed by atoms with van der Waals surface area (Å²) in [6, 6.07) is 16.9. The lowest BCUT2D eigenvalue weighted by Gasteiger charge is -2.22. The molecular weight excluding hydrogens is 372 g/mol. The van der Waals surface area contributed by atoms with Crippen molar-refractivity contribution in [3.63, 3.8) is 0 Å². The van der Waals surface area contributed by atoms with Gasteiger partial charge in [0, 0.05) is 35.3 Å². The van der Waals surface area contributed by atoms with Crippen molar-refractivity contribution in [3.05, 3.63) is 77.5 Å². The number of carbonyl (C=O) groups is 2. The summed E-state index contributed by atoms with van der Waals surface area (Å²) in [4.78, 5) is 24.2. The molecule has 0 atom stereocenters. The zero-order valence-corrected chi connectivity index (χ0v) is 17.1. The van der Waals surface area contributed by atoms with Gasteiger partial charge in [0.25, 0.3) is 11.8 Å². The van der Waals surface area contributed by atoms with Crippen molar-refractivity contribution in [1.82, 2.24) is 9.88 Å². The molecule has 1 aliphatic carbocycles. The Bertz CT molecular complexity index is 1130. The third-order valence-electron chi connectivity index (χ3n) is 6.42. The number of benzene rings is 2. The molecule has 1 aliphatic heterocycles. The molecule has 0 bridgehead atoms. The second-order valence-corrected chi connectivity index (χ2v) is 8.59. The molecule has 1 fully saturated rings. The summed E-state index contributed by atoms with van der Waals surface area (Å²) in [6.45, 7) is 0.970. The van der Waals surface area contributed by atoms with Crippen molar-refractivity contribution in [2.24, 2.45) is 5.92 Å². The van der Waals surface area contributed by atoms with Crippen molar-refractivity contribution in [3.8, 4) is 0 Å². The van der Waals surface area contributed by atoms with E-state index in [1.54, 1.807) is 0 Å². The number of fused-ring (bicyclic) bond motifs is 1. The Balaban J connectivity index is 1.56. The van der Waals surface area contributed by atoms with Crippen LogP contribution in [-0.4, -0.2) is 16.4 Å². The highest BCUT2D eigenvalue weighted by Gasteiger charge is 2.26. The Morgan fingerprint density at radius 3 is 2.47 bits per heavy atom. The predicted octanol–water partition coefficient (Wildman–Crippen LogP) is 4.85. The van der Waals surface area contributed by atoms with Crippen LogP contribution in [0.15, 0.2) is 60.8 Å². The van der Waals surface area contributed by atoms with Gasteiger partial charge in [0.05, 0.1) is 5.57 Å². The summed E-state index contributed by atoms with van der Waals surface area (Å²) in [5, 5.41) is 3.45. The van der Waals surface area contributed by atoms with Crippen molar-refractivity contribution in [2.45, 2.75) is 45.1 Å². The number of nitrogens with zero attached hydrogens (tertiary/aromatic N) is 1. The van der Waals surface area contributed by atoms with E-state index in [1.807, 2.05) is 6.07 Å². The molecule has 2 amide bonds. The summed E-state index contributed by atoms with van der Waals surface area (Å²) in [5.41, 5.74) is 4.94. The molecule has 3 aromatic rings. The molecule has 4 nitrogen and oxygen atoms in total. The van der Waals surface area contributed by atoms with Gasteiger partial charge < -0.3 is 4.57 Å². The number of hydrogen-bond donors (Lipinski definition) is 1. The van der Waals surface area contributed by atoms with Gasteiger partial charge in [-0.25, -0.2) is 0 Å². The minimum atomic E-state index is -0.330. The molecule has 0 radical (unpaired) electrons. The molecule has 5 rings (SSSR count). The third-order valence-corrected chi connectivity index (χ3v) is 6.42. The van der Waals surface area contributed by atoms with Crippen LogP contribution in [0.25, 0.3) is 16.5 Å². The maximum Gasteiger partial charge on any atom is 0.258 e. The largest absolute Gasteiger partial charge is 0.347 e. The van der Waals surface area contributed by atoms with Gasteiger partial charge in [0.15, 0.2) is 0 Å². The fraction of sp³-hybridized carbons (Fsp3) is 0.308. The highest BCUT2D eigenvalue weighted by atomic mass is 16.2. The lowest BCUT2D eigenvalue weighted by Crippen LogP contribution is -2.21. The molecule has 152 valence electrons. The fourth-order valence-corrected chi connectivity index (χ4v) is 4.91. The van der Waals surface area contributed by atoms with Crippen molar-refractivity contribution >= 4 is 28.3 Å². The molecule has 2 heterocycles. The van der Waals surface area contributed by atoms with Crippen LogP contribution < -0.4 is 5.32 Å². The van der Waals surface area contributed by atoms with Gasteiger partial charge in [-0.15, -0.1) is 0 Å². The van der Waals surface area contributed by atoms with Gasteiger partial charge in [0.2, 0.25) is 0 Å². The van der Waals surface area contributed by atoms with Crippen molar-refractivity contribution in [1.29, 1.82) is 0 Å². The molecule has 2 aromatic carbocycles. The van der Waals surface area contributed by atoms with E-state index in [0.717, 1.165) is 29.4 Å². The Morgan fingerprint density at radius 1 is 0.933 bits per heavy atom. The first-order valence-corrected chi connectivity index (χ1v) is 10.9. The monoisotopic (exact) mass is 398 g/mol. The van der Waals surface area contributed by atoms with Crippen LogP contribution in [0.3, 0.4) is 0 Å². The summed E-state index contributed by atoms with van der Waals surface area (Å²) in [6.07, 6.45) is 10.8. The third kappa shape index (κ3) is 3.70. The minimum Gasteiger partial charge on any atom is -0.347 e. The van der Waals surface area contributed by atoms with Crippen LogP contribution in [0, 0.1) is 5.92 Å². The quantitative estimate of drug-likeness (QED) is 0.625. The van der Waals surface area contributed by atoms with Crippen LogP contribution in [0.2, 0.25) is 0 Å². The minimum absolute atomic E-state index is 0.301. The summed E-state index contributed by atoms with van der Waals surface area (Å²) >= 11 is 0. The Kier molecular flexibility index (Phi) is 4.99. The normalized spacial score (nSPS) is 17.4. The first-order valence-electron chi connectivity index (χ1n) is 10.9. The number of aromatic nitrogens is 1. The van der Waals surface area contributed by atoms with Crippen LogP contribution >= 0.6 is 0 Å². The molecule has 0 spiro atoms. The lowest BCUT2D eigenvalue weighted by atomic mass is 9.89. The average Bonchev–Trinajstić information content (AvgIpc) is 3.28. The number of nitrogens with one attached hydrogen (secondary N) is 1. The average molecular weight is 399 g/mol. The Hall–Kier alpha value is -3.14. The molecular formula is C26H26N2O2. The van der Waals surface area contributed by atoms with E-state index in [-0.39, 0.29) is 11.8 Å². The van der Waals surface area contributed by atoms with Gasteiger partial charge in [0.1, 0.15) is 0 Å². The second kappa shape index (κ2) is 7.94. The van der Waals surface area contributed by atoms with Crippen LogP contribution in [0.5, 0.6) is 0 Å². The fourth-order valence-electron chi connectivity index (χ4n) is 4.91. The zero-order valence-electron chi connectivity index (χ0n) is 17.1. The second-order valence-electron chi connectivity index (χ2n) is 8.59. The van der Waals surface area contributed by atoms with E-state index >= 15 is 0 Å². The van der Waals surface area contributed by atoms with Gasteiger partial charge in [-0.2, -0.15) is 0 Å². The number of rotatable bonds is 5. The molecule has 1 saturated carbocycles. The first kappa shape index (κ1) is 18.9. The number of imide groups is 1. The molecule has 0 saturated heterocycles. The van der Waals surface area contributed by atoms with E-state index in [1.165, 1.54) is 49.3 Å². The zero-order chi connectivity index (χ0) is 20.5. The molecule has 0 unspecified atom stereocenters. The first-order chi connectivity index (χ1) is 14.7. The maximum absolute atomic E-state index is 12.4. The Labute approximate surface area is 176 Å². The van der Waals surface area contributed by atoms with Crippen molar-refractivity contribution in [2.75, 3.05) is 0 Å². The van der Waals surface area contributed by atoms with Gasteiger partial charge >= 0.3 is 0 Å². The topological polar surface area (TPSA) is 51.1 Å². The predicted molar refractivity (Wildman–Crippen MR) is 119 cm³/mol. The van der Waals surface area contributed by atoms with E-state index in [0.29, 0.717) is 11.5 Å². The smallest absolute Gasteiger partial charge is 0.258 e. The lowest BCUT2D eigenvalue weighted by molar-refractivity contribution is -0.123. The molecule has 1 aromatic heterocycles. The van der Waals surface area contributed by atoms with E-state index in [4.69, 9.17) is 0 Å². The van der Waals surface area contributed by atoms with Gasteiger partial charge in [-0.1, -0.05) is 55.7 Å². The van der Waals surface area contributed by atoms with Crippen molar-refractivity contribution < 1.29 is 9.59 Å². The summed E-state index contributed by atoms with van der Waals surface area (Å²) in [5.74, 6) is 0.0491. The SMILES string of the molecule is O=C1C=C(c2cn(CC3CCCCC3)c3ccc(Cc4ccccc4)cc23)C(=O)N1.